The molecule has 0 saturated carbocycles. The van der Waals surface area contributed by atoms with Crippen molar-refractivity contribution in [3.63, 3.8) is 0 Å². The van der Waals surface area contributed by atoms with Crippen LogP contribution in [-0.2, 0) is 6.54 Å². The summed E-state index contributed by atoms with van der Waals surface area (Å²) in [4.78, 5) is 2.35. The molecule has 0 fully saturated rings. The number of benzene rings is 1. The number of hydrogen-bond acceptors (Lipinski definition) is 2. The van der Waals surface area contributed by atoms with E-state index in [-0.39, 0.29) is 11.7 Å². The molecule has 20 heavy (non-hydrogen) atoms. The second-order valence-electron chi connectivity index (χ2n) is 5.25. The zero-order chi connectivity index (χ0) is 15.0. The molecule has 4 heteroatoms. The van der Waals surface area contributed by atoms with Crippen molar-refractivity contribution in [2.75, 3.05) is 13.1 Å². The Labute approximate surface area is 121 Å². The molecule has 0 amide bonds. The van der Waals surface area contributed by atoms with E-state index in [1.807, 2.05) is 6.07 Å². The number of rotatable bonds is 9. The third-order valence-electron chi connectivity index (χ3n) is 3.33. The molecule has 0 spiro atoms. The van der Waals surface area contributed by atoms with Gasteiger partial charge in [0.15, 0.2) is 0 Å². The van der Waals surface area contributed by atoms with Gasteiger partial charge >= 0.3 is 0 Å². The predicted molar refractivity (Wildman–Crippen MR) is 82.5 cm³/mol. The topological polar surface area (TPSA) is 53.1 Å². The Balaban J connectivity index is 2.77. The van der Waals surface area contributed by atoms with Gasteiger partial charge in [-0.25, -0.2) is 4.39 Å². The second-order valence-corrected chi connectivity index (χ2v) is 5.25. The number of nitrogens with two attached hydrogens (primary N) is 1. The smallest absolute Gasteiger partial charge is 0.124 e. The van der Waals surface area contributed by atoms with Gasteiger partial charge in [-0.15, -0.1) is 0 Å². The van der Waals surface area contributed by atoms with Gasteiger partial charge in [0.05, 0.1) is 0 Å². The minimum Gasteiger partial charge on any atom is -0.384 e. The summed E-state index contributed by atoms with van der Waals surface area (Å²) in [6.45, 7) is 7.13. The Hall–Kier alpha value is -1.42. The quantitative estimate of drug-likeness (QED) is 0.537. The average molecular weight is 279 g/mol. The standard InChI is InChI=1S/C16H26FN3/c1-3-5-7-20(8-6-4-2)12-13-9-14(16(18)19)11-15(17)10-13/h9-11H,3-8,12H2,1-2H3,(H3,18,19). The summed E-state index contributed by atoms with van der Waals surface area (Å²) < 4.78 is 13.6. The van der Waals surface area contributed by atoms with Crippen LogP contribution in [0.1, 0.15) is 50.7 Å². The zero-order valence-electron chi connectivity index (χ0n) is 12.6. The van der Waals surface area contributed by atoms with Crippen LogP contribution in [0.4, 0.5) is 4.39 Å². The molecule has 0 heterocycles. The van der Waals surface area contributed by atoms with Gasteiger partial charge in [-0.3, -0.25) is 10.3 Å². The van der Waals surface area contributed by atoms with Gasteiger partial charge in [-0.1, -0.05) is 26.7 Å². The van der Waals surface area contributed by atoms with E-state index in [0.717, 1.165) is 50.9 Å². The number of hydrogen-bond donors (Lipinski definition) is 2. The molecule has 0 bridgehead atoms. The molecule has 0 unspecified atom stereocenters. The van der Waals surface area contributed by atoms with Crippen molar-refractivity contribution >= 4 is 5.84 Å². The Morgan fingerprint density at radius 3 is 2.25 bits per heavy atom. The lowest BCUT2D eigenvalue weighted by atomic mass is 10.1. The van der Waals surface area contributed by atoms with E-state index < -0.39 is 0 Å². The maximum absolute atomic E-state index is 13.6. The van der Waals surface area contributed by atoms with Gasteiger partial charge in [0.2, 0.25) is 0 Å². The molecule has 112 valence electrons. The summed E-state index contributed by atoms with van der Waals surface area (Å²) in [7, 11) is 0. The summed E-state index contributed by atoms with van der Waals surface area (Å²) in [5.41, 5.74) is 6.80. The normalized spacial score (nSPS) is 11.0. The van der Waals surface area contributed by atoms with Crippen molar-refractivity contribution < 1.29 is 4.39 Å². The van der Waals surface area contributed by atoms with Crippen molar-refractivity contribution in [1.82, 2.24) is 4.90 Å². The van der Waals surface area contributed by atoms with Crippen molar-refractivity contribution in [3.05, 3.63) is 35.1 Å². The molecule has 0 radical (unpaired) electrons. The van der Waals surface area contributed by atoms with Crippen LogP contribution in [0.3, 0.4) is 0 Å². The maximum Gasteiger partial charge on any atom is 0.124 e. The minimum atomic E-state index is -0.321. The van der Waals surface area contributed by atoms with Crippen molar-refractivity contribution in [1.29, 1.82) is 5.41 Å². The molecule has 0 aliphatic rings. The molecule has 0 atom stereocenters. The number of nitrogens with zero attached hydrogens (tertiary/aromatic N) is 1. The largest absolute Gasteiger partial charge is 0.384 e. The fourth-order valence-electron chi connectivity index (χ4n) is 2.19. The summed E-state index contributed by atoms with van der Waals surface area (Å²) in [6, 6.07) is 4.67. The third kappa shape index (κ3) is 5.70. The first-order valence-corrected chi connectivity index (χ1v) is 7.43. The van der Waals surface area contributed by atoms with Crippen LogP contribution in [0.2, 0.25) is 0 Å². The number of halogens is 1. The Morgan fingerprint density at radius 1 is 1.15 bits per heavy atom. The molecular formula is C16H26FN3. The second kappa shape index (κ2) is 8.69. The maximum atomic E-state index is 13.6. The van der Waals surface area contributed by atoms with E-state index in [1.54, 1.807) is 0 Å². The van der Waals surface area contributed by atoms with Crippen molar-refractivity contribution in [3.8, 4) is 0 Å². The van der Waals surface area contributed by atoms with Gasteiger partial charge in [-0.2, -0.15) is 0 Å². The third-order valence-corrected chi connectivity index (χ3v) is 3.33. The van der Waals surface area contributed by atoms with Crippen LogP contribution in [0.15, 0.2) is 18.2 Å². The highest BCUT2D eigenvalue weighted by Crippen LogP contribution is 2.13. The lowest BCUT2D eigenvalue weighted by Crippen LogP contribution is -2.26. The lowest BCUT2D eigenvalue weighted by molar-refractivity contribution is 0.257. The van der Waals surface area contributed by atoms with Crippen molar-refractivity contribution in [2.24, 2.45) is 5.73 Å². The minimum absolute atomic E-state index is 0.0839. The van der Waals surface area contributed by atoms with E-state index in [0.29, 0.717) is 5.56 Å². The van der Waals surface area contributed by atoms with Crippen LogP contribution in [0.25, 0.3) is 0 Å². The molecule has 1 aromatic rings. The molecule has 0 aliphatic heterocycles. The highest BCUT2D eigenvalue weighted by Gasteiger charge is 2.08. The van der Waals surface area contributed by atoms with Gasteiger partial charge in [-0.05, 0) is 49.7 Å². The zero-order valence-corrected chi connectivity index (χ0v) is 12.6. The van der Waals surface area contributed by atoms with E-state index in [4.69, 9.17) is 11.1 Å². The van der Waals surface area contributed by atoms with E-state index in [1.165, 1.54) is 12.1 Å². The molecule has 3 N–H and O–H groups in total. The first-order valence-electron chi connectivity index (χ1n) is 7.43. The van der Waals surface area contributed by atoms with Gasteiger partial charge in [0.25, 0.3) is 0 Å². The first-order chi connectivity index (χ1) is 9.56. The number of amidine groups is 1. The summed E-state index contributed by atoms with van der Waals surface area (Å²) in [5.74, 6) is -0.405. The average Bonchev–Trinajstić information content (AvgIpc) is 2.41. The van der Waals surface area contributed by atoms with Crippen LogP contribution in [-0.4, -0.2) is 23.8 Å². The van der Waals surface area contributed by atoms with Crippen LogP contribution < -0.4 is 5.73 Å². The summed E-state index contributed by atoms with van der Waals surface area (Å²) >= 11 is 0. The van der Waals surface area contributed by atoms with Crippen LogP contribution in [0, 0.1) is 11.2 Å². The molecule has 3 nitrogen and oxygen atoms in total. The molecule has 0 aromatic heterocycles. The summed E-state index contributed by atoms with van der Waals surface area (Å²) in [5, 5.41) is 7.43. The molecule has 0 aliphatic carbocycles. The molecule has 1 rings (SSSR count). The first kappa shape index (κ1) is 16.6. The van der Waals surface area contributed by atoms with E-state index >= 15 is 0 Å². The Kier molecular flexibility index (Phi) is 7.23. The SMILES string of the molecule is CCCCN(CCCC)Cc1cc(F)cc(C(=N)N)c1. The highest BCUT2D eigenvalue weighted by molar-refractivity contribution is 5.95. The Bertz CT molecular complexity index is 424. The number of nitrogens with one attached hydrogen (secondary N) is 1. The van der Waals surface area contributed by atoms with E-state index in [2.05, 4.69) is 18.7 Å². The fraction of sp³-hybridized carbons (Fsp3) is 0.562. The van der Waals surface area contributed by atoms with Crippen molar-refractivity contribution in [2.45, 2.75) is 46.1 Å². The Morgan fingerprint density at radius 2 is 1.75 bits per heavy atom. The fourth-order valence-corrected chi connectivity index (χ4v) is 2.19. The van der Waals surface area contributed by atoms with Gasteiger partial charge in [0, 0.05) is 12.1 Å². The van der Waals surface area contributed by atoms with Gasteiger partial charge < -0.3 is 5.73 Å². The number of nitrogen functional groups attached to an aromatic ring is 1. The van der Waals surface area contributed by atoms with Gasteiger partial charge in [0.1, 0.15) is 11.7 Å². The van der Waals surface area contributed by atoms with Crippen LogP contribution in [0.5, 0.6) is 0 Å². The van der Waals surface area contributed by atoms with E-state index in [9.17, 15) is 4.39 Å². The summed E-state index contributed by atoms with van der Waals surface area (Å²) in [6.07, 6.45) is 4.62. The predicted octanol–water partition coefficient (Wildman–Crippen LogP) is 3.51. The molecule has 0 saturated heterocycles. The highest BCUT2D eigenvalue weighted by atomic mass is 19.1. The monoisotopic (exact) mass is 279 g/mol. The number of unbranched alkanes of at least 4 members (excludes halogenated alkanes) is 2. The molecular weight excluding hydrogens is 253 g/mol. The lowest BCUT2D eigenvalue weighted by Gasteiger charge is -2.22. The molecule has 1 aromatic carbocycles. The van der Waals surface area contributed by atoms with Crippen LogP contribution >= 0.6 is 0 Å².